The van der Waals surface area contributed by atoms with Crippen LogP contribution in [0.25, 0.3) is 0 Å². The second kappa shape index (κ2) is 22.8. The first-order valence-electron chi connectivity index (χ1n) is 9.08. The van der Waals surface area contributed by atoms with Gasteiger partial charge >= 0.3 is 16.5 Å². The molecular formula is C16H36NiO6P2. The Balaban J connectivity index is -0.000000372. The Morgan fingerprint density at radius 3 is 1.28 bits per heavy atom. The van der Waals surface area contributed by atoms with Crippen LogP contribution in [0.15, 0.2) is 0 Å². The van der Waals surface area contributed by atoms with E-state index >= 15 is 0 Å². The van der Waals surface area contributed by atoms with Crippen molar-refractivity contribution in [2.75, 3.05) is 0 Å². The van der Waals surface area contributed by atoms with Gasteiger partial charge in [0.15, 0.2) is 0 Å². The van der Waals surface area contributed by atoms with Crippen LogP contribution in [0.2, 0.25) is 0 Å². The Labute approximate surface area is 165 Å². The molecule has 0 aliphatic heterocycles. The first-order valence-corrected chi connectivity index (χ1v) is 11.5. The zero-order chi connectivity index (χ0) is 18.8. The van der Waals surface area contributed by atoms with Crippen molar-refractivity contribution in [3.8, 4) is 0 Å². The first-order chi connectivity index (χ1) is 11.3. The Kier molecular flexibility index (Phi) is 27.9. The molecule has 0 radical (unpaired) electrons. The molecule has 6 nitrogen and oxygen atoms in total. The second-order valence-corrected chi connectivity index (χ2v) is 7.53. The molecule has 0 aromatic rings. The minimum Gasteiger partial charge on any atom is -0.781 e. The quantitative estimate of drug-likeness (QED) is 0.226. The van der Waals surface area contributed by atoms with E-state index in [2.05, 4.69) is 22.9 Å². The normalized spacial score (nSPS) is 15.3. The van der Waals surface area contributed by atoms with Crippen molar-refractivity contribution in [2.45, 2.75) is 104 Å². The summed E-state index contributed by atoms with van der Waals surface area (Å²) in [6.45, 7) is 7.89. The summed E-state index contributed by atoms with van der Waals surface area (Å²) < 4.78 is 29.5. The molecule has 0 saturated carbocycles. The zero-order valence-corrected chi connectivity index (χ0v) is 19.0. The third-order valence-electron chi connectivity index (χ3n) is 3.52. The third-order valence-corrected chi connectivity index (χ3v) is 4.71. The molecule has 0 saturated heterocycles. The van der Waals surface area contributed by atoms with Crippen LogP contribution >= 0.6 is 16.5 Å². The van der Waals surface area contributed by atoms with Crippen molar-refractivity contribution in [3.05, 3.63) is 0 Å². The van der Waals surface area contributed by atoms with Crippen molar-refractivity contribution >= 4 is 16.5 Å². The fourth-order valence-electron chi connectivity index (χ4n) is 2.16. The summed E-state index contributed by atoms with van der Waals surface area (Å²) in [5, 5.41) is 0. The van der Waals surface area contributed by atoms with Gasteiger partial charge in [-0.1, -0.05) is 65.2 Å². The number of hydrogen-bond donors (Lipinski definition) is 0. The van der Waals surface area contributed by atoms with Gasteiger partial charge in [-0.25, -0.2) is 0 Å². The van der Waals surface area contributed by atoms with E-state index in [1.807, 2.05) is 0 Å². The summed E-state index contributed by atoms with van der Waals surface area (Å²) in [5.41, 5.74) is 0. The van der Waals surface area contributed by atoms with Gasteiger partial charge in [0.05, 0.1) is 12.2 Å². The molecule has 0 fully saturated rings. The molecule has 9 heteroatoms. The average molecular weight is 445 g/mol. The molecule has 4 unspecified atom stereocenters. The molecule has 0 aromatic heterocycles. The monoisotopic (exact) mass is 444 g/mol. The summed E-state index contributed by atoms with van der Waals surface area (Å²) in [5.74, 6) is 0. The summed E-state index contributed by atoms with van der Waals surface area (Å²) in [7, 11) is -5.95. The van der Waals surface area contributed by atoms with Gasteiger partial charge in [-0.3, -0.25) is 0 Å². The van der Waals surface area contributed by atoms with Crippen LogP contribution in [0.1, 0.15) is 91.9 Å². The molecule has 0 aliphatic rings. The molecule has 0 aromatic carbocycles. The smallest absolute Gasteiger partial charge is 0.781 e. The van der Waals surface area contributed by atoms with Gasteiger partial charge in [-0.05, 0) is 26.7 Å². The second-order valence-electron chi connectivity index (χ2n) is 6.06. The molecule has 0 spiro atoms. The molecule has 4 atom stereocenters. The molecule has 0 aliphatic carbocycles. The molecule has 25 heavy (non-hydrogen) atoms. The summed E-state index contributed by atoms with van der Waals surface area (Å²) >= 11 is 0. The number of hydrogen-bond acceptors (Lipinski definition) is 6. The topological polar surface area (TPSA) is 98.7 Å². The van der Waals surface area contributed by atoms with Crippen LogP contribution in [0.3, 0.4) is 0 Å². The zero-order valence-electron chi connectivity index (χ0n) is 16.0. The molecular weight excluding hydrogens is 409 g/mol. The molecule has 0 bridgehead atoms. The molecule has 0 N–H and O–H groups in total. The molecule has 0 heterocycles. The summed E-state index contributed by atoms with van der Waals surface area (Å²) in [6, 6.07) is 0. The van der Waals surface area contributed by atoms with E-state index in [9.17, 15) is 18.9 Å². The Bertz CT molecular complexity index is 291. The summed E-state index contributed by atoms with van der Waals surface area (Å²) in [6.07, 6.45) is 10.7. The van der Waals surface area contributed by atoms with E-state index in [-0.39, 0.29) is 28.7 Å². The van der Waals surface area contributed by atoms with E-state index < -0.39 is 16.5 Å². The Morgan fingerprint density at radius 2 is 1.04 bits per heavy atom. The van der Waals surface area contributed by atoms with E-state index in [1.54, 1.807) is 13.8 Å². The van der Waals surface area contributed by atoms with Gasteiger partial charge < -0.3 is 28.0 Å². The largest absolute Gasteiger partial charge is 2.00 e. The van der Waals surface area contributed by atoms with Crippen LogP contribution in [0.5, 0.6) is 0 Å². The van der Waals surface area contributed by atoms with Gasteiger partial charge in [0.2, 0.25) is 0 Å². The minimum absolute atomic E-state index is 0. The van der Waals surface area contributed by atoms with Crippen molar-refractivity contribution in [1.29, 1.82) is 0 Å². The predicted octanol–water partition coefficient (Wildman–Crippen LogP) is 4.22. The number of rotatable bonds is 14. The molecule has 0 rings (SSSR count). The fraction of sp³-hybridized carbons (Fsp3) is 1.00. The van der Waals surface area contributed by atoms with Gasteiger partial charge in [0.1, 0.15) is 16.5 Å². The van der Waals surface area contributed by atoms with Crippen molar-refractivity contribution in [1.82, 2.24) is 0 Å². The third kappa shape index (κ3) is 29.8. The van der Waals surface area contributed by atoms with Crippen LogP contribution in [-0.2, 0) is 34.7 Å². The average Bonchev–Trinajstić information content (AvgIpc) is 2.47. The van der Waals surface area contributed by atoms with Crippen LogP contribution in [0.4, 0.5) is 0 Å². The molecule has 156 valence electrons. The van der Waals surface area contributed by atoms with Crippen molar-refractivity contribution < 1.29 is 44.5 Å². The first kappa shape index (κ1) is 30.5. The minimum atomic E-state index is -2.98. The van der Waals surface area contributed by atoms with Gasteiger partial charge in [-0.2, -0.15) is 0 Å². The predicted molar refractivity (Wildman–Crippen MR) is 96.6 cm³/mol. The Hall–Kier alpha value is 0.794. The summed E-state index contributed by atoms with van der Waals surface area (Å²) in [4.78, 5) is 20.3. The molecule has 0 amide bonds. The van der Waals surface area contributed by atoms with E-state index in [1.165, 1.54) is 38.5 Å². The SMILES string of the molecule is CCCCCCC(C)O[PH](=O)[O-].CCCCCCC(C)O[PH](=O)[O-].[Ni+2]. The van der Waals surface area contributed by atoms with Crippen molar-refractivity contribution in [2.24, 2.45) is 0 Å². The van der Waals surface area contributed by atoms with Gasteiger partial charge in [0, 0.05) is 0 Å². The van der Waals surface area contributed by atoms with Crippen LogP contribution < -0.4 is 9.79 Å². The van der Waals surface area contributed by atoms with Crippen LogP contribution in [0, 0.1) is 0 Å². The van der Waals surface area contributed by atoms with E-state index in [0.717, 1.165) is 25.7 Å². The number of unbranched alkanes of at least 4 members (excludes halogenated alkanes) is 6. The fourth-order valence-corrected chi connectivity index (χ4v) is 3.06. The van der Waals surface area contributed by atoms with Gasteiger partial charge in [-0.15, -0.1) is 0 Å². The van der Waals surface area contributed by atoms with E-state index in [0.29, 0.717) is 0 Å². The standard InChI is InChI=1S/2C8H19O3P.Ni/c2*1-3-4-5-6-7-8(2)11-12(9)10;/h2*8,12H,3-7H2,1-2H3,(H,9,10);/q;;+2/p-2. The van der Waals surface area contributed by atoms with Crippen molar-refractivity contribution in [3.63, 3.8) is 0 Å². The van der Waals surface area contributed by atoms with Gasteiger partial charge in [0.25, 0.3) is 0 Å². The maximum Gasteiger partial charge on any atom is 2.00 e. The Morgan fingerprint density at radius 1 is 0.720 bits per heavy atom. The maximum atomic E-state index is 10.2. The van der Waals surface area contributed by atoms with Crippen LogP contribution in [-0.4, -0.2) is 12.2 Å². The van der Waals surface area contributed by atoms with E-state index in [4.69, 9.17) is 0 Å². The maximum absolute atomic E-state index is 10.2.